The monoisotopic (exact) mass is 550 g/mol. The number of carbonyl (C=O) groups excluding carboxylic acids is 1. The average Bonchev–Trinajstić information content (AvgIpc) is 3.46. The fraction of sp³-hybridized carbons (Fsp3) is 0.324. The predicted octanol–water partition coefficient (Wildman–Crippen LogP) is 5.45. The van der Waals surface area contributed by atoms with Crippen molar-refractivity contribution in [3.8, 4) is 0 Å². The zero-order valence-corrected chi connectivity index (χ0v) is 23.6. The van der Waals surface area contributed by atoms with Gasteiger partial charge in [-0.2, -0.15) is 0 Å². The number of hydrogen-bond acceptors (Lipinski definition) is 6. The first-order chi connectivity index (χ1) is 20.1. The number of unbranched alkanes of at least 4 members (excludes halogenated alkanes) is 1. The van der Waals surface area contributed by atoms with Crippen molar-refractivity contribution in [3.63, 3.8) is 0 Å². The minimum Gasteiger partial charge on any atom is -0.466 e. The molecule has 7 nitrogen and oxygen atoms in total. The summed E-state index contributed by atoms with van der Waals surface area (Å²) in [5.74, 6) is -0.169. The van der Waals surface area contributed by atoms with Gasteiger partial charge in [-0.3, -0.25) is 9.69 Å². The van der Waals surface area contributed by atoms with Gasteiger partial charge in [0.15, 0.2) is 0 Å². The van der Waals surface area contributed by atoms with Gasteiger partial charge in [0.1, 0.15) is 0 Å². The standard InChI is InChI=1S/C34H38N4O3/c1-2-41-33(40)20-12-13-22-38-31(25-35-36-38)24-27-26-37(23-21-32(27)39)34(28-14-6-3-7-15-28,29-16-8-4-9-17-29)30-18-10-5-11-19-30/h3-11,14-19,24-25,32,39H,2,12-13,20-23,26H2,1H3/b27-24+. The number of rotatable bonds is 11. The maximum Gasteiger partial charge on any atom is 0.305 e. The Morgan fingerprint density at radius 3 is 2.10 bits per heavy atom. The highest BCUT2D eigenvalue weighted by Gasteiger charge is 2.44. The molecule has 3 aromatic carbocycles. The third-order valence-electron chi connectivity index (χ3n) is 7.81. The molecule has 1 N–H and O–H groups in total. The summed E-state index contributed by atoms with van der Waals surface area (Å²) in [6, 6.07) is 31.9. The molecule has 0 amide bonds. The Hall–Kier alpha value is -4.07. The van der Waals surface area contributed by atoms with E-state index in [2.05, 4.69) is 106 Å². The van der Waals surface area contributed by atoms with Crippen molar-refractivity contribution in [1.29, 1.82) is 0 Å². The summed E-state index contributed by atoms with van der Waals surface area (Å²) >= 11 is 0. The van der Waals surface area contributed by atoms with Crippen LogP contribution in [0.3, 0.4) is 0 Å². The highest BCUT2D eigenvalue weighted by Crippen LogP contribution is 2.44. The molecule has 41 heavy (non-hydrogen) atoms. The first-order valence-electron chi connectivity index (χ1n) is 14.5. The molecule has 1 unspecified atom stereocenters. The molecule has 1 aliphatic rings. The van der Waals surface area contributed by atoms with Crippen molar-refractivity contribution in [3.05, 3.63) is 125 Å². The molecule has 7 heteroatoms. The van der Waals surface area contributed by atoms with Crippen molar-refractivity contribution >= 4 is 12.0 Å². The Kier molecular flexibility index (Phi) is 9.39. The minimum atomic E-state index is -0.557. The van der Waals surface area contributed by atoms with E-state index in [-0.39, 0.29) is 5.97 Å². The highest BCUT2D eigenvalue weighted by atomic mass is 16.5. The lowest BCUT2D eigenvalue weighted by Crippen LogP contribution is -2.52. The van der Waals surface area contributed by atoms with Crippen LogP contribution >= 0.6 is 0 Å². The summed E-state index contributed by atoms with van der Waals surface area (Å²) in [7, 11) is 0. The molecule has 0 radical (unpaired) electrons. The normalized spacial score (nSPS) is 17.0. The van der Waals surface area contributed by atoms with E-state index in [0.29, 0.717) is 32.5 Å². The van der Waals surface area contributed by atoms with Crippen LogP contribution in [0.5, 0.6) is 0 Å². The number of hydrogen-bond donors (Lipinski definition) is 1. The van der Waals surface area contributed by atoms with Crippen molar-refractivity contribution in [2.45, 2.75) is 50.8 Å². The number of ether oxygens (including phenoxy) is 1. The molecule has 1 saturated heterocycles. The third-order valence-corrected chi connectivity index (χ3v) is 7.81. The average molecular weight is 551 g/mol. The van der Waals surface area contributed by atoms with Crippen LogP contribution < -0.4 is 0 Å². The topological polar surface area (TPSA) is 80.5 Å². The van der Waals surface area contributed by atoms with Crippen LogP contribution in [0.15, 0.2) is 103 Å². The predicted molar refractivity (Wildman–Crippen MR) is 160 cm³/mol. The van der Waals surface area contributed by atoms with Gasteiger partial charge < -0.3 is 9.84 Å². The molecule has 0 saturated carbocycles. The van der Waals surface area contributed by atoms with Gasteiger partial charge in [-0.1, -0.05) is 96.2 Å². The Balaban J connectivity index is 1.48. The maximum atomic E-state index is 11.7. The number of esters is 1. The zero-order chi connectivity index (χ0) is 28.5. The van der Waals surface area contributed by atoms with Gasteiger partial charge in [0, 0.05) is 26.1 Å². The molecule has 2 heterocycles. The number of aliphatic hydroxyl groups excluding tert-OH is 1. The summed E-state index contributed by atoms with van der Waals surface area (Å²) in [5, 5.41) is 19.6. The van der Waals surface area contributed by atoms with Gasteiger partial charge in [-0.05, 0) is 54.5 Å². The second kappa shape index (κ2) is 13.5. The van der Waals surface area contributed by atoms with E-state index in [1.165, 1.54) is 16.7 Å². The first-order valence-corrected chi connectivity index (χ1v) is 14.5. The molecule has 1 aliphatic heterocycles. The number of nitrogens with zero attached hydrogens (tertiary/aromatic N) is 4. The Labute approximate surface area is 242 Å². The Morgan fingerprint density at radius 1 is 0.951 bits per heavy atom. The number of benzene rings is 3. The van der Waals surface area contributed by atoms with Crippen LogP contribution in [0.4, 0.5) is 0 Å². The quantitative estimate of drug-likeness (QED) is 0.152. The van der Waals surface area contributed by atoms with Crippen molar-refractivity contribution in [1.82, 2.24) is 19.9 Å². The SMILES string of the molecule is CCOC(=O)CCCCn1nncc1/C=C1\CN(C(c2ccccc2)(c2ccccc2)c2ccccc2)CCC1O. The Morgan fingerprint density at radius 2 is 1.54 bits per heavy atom. The third kappa shape index (κ3) is 6.32. The molecule has 212 valence electrons. The van der Waals surface area contributed by atoms with E-state index in [4.69, 9.17) is 4.74 Å². The van der Waals surface area contributed by atoms with Crippen LogP contribution in [0.25, 0.3) is 6.08 Å². The summed E-state index contributed by atoms with van der Waals surface area (Å²) in [5.41, 5.74) is 4.78. The Bertz CT molecular complexity index is 1320. The molecule has 1 fully saturated rings. The molecule has 1 atom stereocenters. The summed E-state index contributed by atoms with van der Waals surface area (Å²) < 4.78 is 6.88. The first kappa shape index (κ1) is 28.5. The molecule has 0 aliphatic carbocycles. The number of piperidine rings is 1. The minimum absolute atomic E-state index is 0.169. The van der Waals surface area contributed by atoms with Crippen molar-refractivity contribution in [2.75, 3.05) is 19.7 Å². The van der Waals surface area contributed by atoms with E-state index in [1.54, 1.807) is 6.20 Å². The summed E-state index contributed by atoms with van der Waals surface area (Å²) in [6.07, 6.45) is 5.73. The molecule has 4 aromatic rings. The number of aromatic nitrogens is 3. The largest absolute Gasteiger partial charge is 0.466 e. The fourth-order valence-corrected chi connectivity index (χ4v) is 5.89. The molecule has 5 rings (SSSR count). The van der Waals surface area contributed by atoms with E-state index in [1.807, 2.05) is 17.7 Å². The van der Waals surface area contributed by atoms with E-state index < -0.39 is 11.6 Å². The lowest BCUT2D eigenvalue weighted by atomic mass is 9.74. The molecular formula is C34H38N4O3. The highest BCUT2D eigenvalue weighted by molar-refractivity contribution is 5.69. The van der Waals surface area contributed by atoms with E-state index in [0.717, 1.165) is 30.7 Å². The zero-order valence-electron chi connectivity index (χ0n) is 23.6. The number of carbonyl (C=O) groups is 1. The lowest BCUT2D eigenvalue weighted by Gasteiger charge is -2.48. The van der Waals surface area contributed by atoms with Crippen LogP contribution in [0, 0.1) is 0 Å². The van der Waals surface area contributed by atoms with E-state index >= 15 is 0 Å². The number of likely N-dealkylation sites (tertiary alicyclic amines) is 1. The van der Waals surface area contributed by atoms with Gasteiger partial charge >= 0.3 is 5.97 Å². The summed E-state index contributed by atoms with van der Waals surface area (Å²) in [4.78, 5) is 14.2. The van der Waals surface area contributed by atoms with Gasteiger partial charge in [-0.15, -0.1) is 5.10 Å². The molecule has 0 bridgehead atoms. The van der Waals surface area contributed by atoms with Crippen molar-refractivity contribution < 1.29 is 14.6 Å². The summed E-state index contributed by atoms with van der Waals surface area (Å²) in [6.45, 7) is 4.16. The number of aryl methyl sites for hydroxylation is 1. The van der Waals surface area contributed by atoms with Gasteiger partial charge in [0.25, 0.3) is 0 Å². The van der Waals surface area contributed by atoms with Gasteiger partial charge in [0.05, 0.1) is 30.1 Å². The van der Waals surface area contributed by atoms with Crippen LogP contribution in [-0.2, 0) is 21.6 Å². The molecule has 0 spiro atoms. The smallest absolute Gasteiger partial charge is 0.305 e. The van der Waals surface area contributed by atoms with Gasteiger partial charge in [0.2, 0.25) is 0 Å². The molecular weight excluding hydrogens is 512 g/mol. The second-order valence-electron chi connectivity index (χ2n) is 10.4. The van der Waals surface area contributed by atoms with E-state index in [9.17, 15) is 9.90 Å². The van der Waals surface area contributed by atoms with Crippen LogP contribution in [-0.4, -0.2) is 56.8 Å². The second-order valence-corrected chi connectivity index (χ2v) is 10.4. The van der Waals surface area contributed by atoms with Crippen LogP contribution in [0.2, 0.25) is 0 Å². The maximum absolute atomic E-state index is 11.7. The number of aliphatic hydroxyl groups is 1. The van der Waals surface area contributed by atoms with Crippen LogP contribution in [0.1, 0.15) is 55.0 Å². The lowest BCUT2D eigenvalue weighted by molar-refractivity contribution is -0.143. The fourth-order valence-electron chi connectivity index (χ4n) is 5.89. The van der Waals surface area contributed by atoms with Gasteiger partial charge in [-0.25, -0.2) is 4.68 Å². The van der Waals surface area contributed by atoms with Crippen molar-refractivity contribution in [2.24, 2.45) is 0 Å². The molecule has 1 aromatic heterocycles.